The Labute approximate surface area is 148 Å². The monoisotopic (exact) mass is 340 g/mol. The molecule has 3 rings (SSSR count). The third kappa shape index (κ3) is 3.64. The van der Waals surface area contributed by atoms with E-state index in [0.717, 1.165) is 17.5 Å². The molecule has 0 saturated carbocycles. The molecule has 4 heteroatoms. The number of carbonyl (C=O) groups excluding carboxylic acids is 1. The molecule has 4 nitrogen and oxygen atoms in total. The van der Waals surface area contributed by atoms with Crippen LogP contribution in [-0.4, -0.2) is 31.1 Å². The van der Waals surface area contributed by atoms with Gasteiger partial charge in [0.1, 0.15) is 6.79 Å². The second kappa shape index (κ2) is 8.58. The lowest BCUT2D eigenvalue weighted by molar-refractivity contribution is -0.139. The maximum atomic E-state index is 11.6. The molecule has 0 unspecified atom stereocenters. The molecule has 25 heavy (non-hydrogen) atoms. The van der Waals surface area contributed by atoms with Crippen molar-refractivity contribution in [2.75, 3.05) is 13.2 Å². The third-order valence-corrected chi connectivity index (χ3v) is 4.89. The number of carbonyl (C=O) groups is 2. The van der Waals surface area contributed by atoms with Gasteiger partial charge in [0.25, 0.3) is 0 Å². The van der Waals surface area contributed by atoms with E-state index in [1.807, 2.05) is 50.1 Å². The molecule has 2 aromatic carbocycles. The lowest BCUT2D eigenvalue weighted by Crippen LogP contribution is -2.39. The number of carboxylic acid groups (broad SMARTS) is 1. The van der Waals surface area contributed by atoms with Crippen LogP contribution in [-0.2, 0) is 19.7 Å². The van der Waals surface area contributed by atoms with E-state index in [9.17, 15) is 9.90 Å². The van der Waals surface area contributed by atoms with Crippen molar-refractivity contribution in [2.45, 2.75) is 31.1 Å². The van der Waals surface area contributed by atoms with E-state index >= 15 is 0 Å². The van der Waals surface area contributed by atoms with Crippen LogP contribution in [0, 0.1) is 0 Å². The molecule has 132 valence electrons. The molecule has 2 atom stereocenters. The number of aliphatic carboxylic acids is 1. The second-order valence-corrected chi connectivity index (χ2v) is 6.10. The second-order valence-electron chi connectivity index (χ2n) is 6.10. The van der Waals surface area contributed by atoms with Gasteiger partial charge in [0, 0.05) is 12.0 Å². The van der Waals surface area contributed by atoms with Crippen molar-refractivity contribution in [3.05, 3.63) is 71.3 Å². The fourth-order valence-corrected chi connectivity index (χ4v) is 3.74. The lowest BCUT2D eigenvalue weighted by Gasteiger charge is -2.41. The minimum atomic E-state index is -0.740. The zero-order valence-corrected chi connectivity index (χ0v) is 14.5. The standard InChI is InChI=1S/C20H22O3.CH2O/c1-2-23-14-20(15-8-4-3-5-9-15)13-12-17(19(21)22)16-10-6-7-11-18(16)20;1-2/h3-11,17H,2,12-14H2,1H3,(H,21,22);1H2/t17-,20+;/m0./s1. The van der Waals surface area contributed by atoms with E-state index in [-0.39, 0.29) is 5.41 Å². The Hall–Kier alpha value is -2.46. The number of ether oxygens (including phenoxy) is 1. The highest BCUT2D eigenvalue weighted by Gasteiger charge is 2.43. The molecule has 0 amide bonds. The van der Waals surface area contributed by atoms with Crippen LogP contribution in [0.5, 0.6) is 0 Å². The number of hydrogen-bond acceptors (Lipinski definition) is 3. The van der Waals surface area contributed by atoms with Gasteiger partial charge in [-0.1, -0.05) is 54.6 Å². The van der Waals surface area contributed by atoms with Crippen molar-refractivity contribution >= 4 is 12.8 Å². The molecule has 2 aromatic rings. The summed E-state index contributed by atoms with van der Waals surface area (Å²) in [6.45, 7) is 5.23. The summed E-state index contributed by atoms with van der Waals surface area (Å²) >= 11 is 0. The van der Waals surface area contributed by atoms with Gasteiger partial charge in [0.15, 0.2) is 0 Å². The summed E-state index contributed by atoms with van der Waals surface area (Å²) in [4.78, 5) is 19.6. The maximum absolute atomic E-state index is 11.6. The quantitative estimate of drug-likeness (QED) is 0.899. The Morgan fingerprint density at radius 3 is 2.44 bits per heavy atom. The van der Waals surface area contributed by atoms with E-state index in [4.69, 9.17) is 9.53 Å². The average Bonchev–Trinajstić information content (AvgIpc) is 2.68. The molecule has 1 aliphatic carbocycles. The third-order valence-electron chi connectivity index (χ3n) is 4.89. The van der Waals surface area contributed by atoms with Gasteiger partial charge in [-0.05, 0) is 36.5 Å². The van der Waals surface area contributed by atoms with Crippen LogP contribution in [0.25, 0.3) is 0 Å². The smallest absolute Gasteiger partial charge is 0.310 e. The highest BCUT2D eigenvalue weighted by Crippen LogP contribution is 2.47. The first-order valence-corrected chi connectivity index (χ1v) is 8.43. The van der Waals surface area contributed by atoms with Gasteiger partial charge in [0.05, 0.1) is 12.5 Å². The Morgan fingerprint density at radius 1 is 1.16 bits per heavy atom. The van der Waals surface area contributed by atoms with Gasteiger partial charge in [-0.3, -0.25) is 4.79 Å². The summed E-state index contributed by atoms with van der Waals surface area (Å²) in [5.74, 6) is -1.17. The minimum absolute atomic E-state index is 0.264. The largest absolute Gasteiger partial charge is 0.481 e. The average molecular weight is 340 g/mol. The van der Waals surface area contributed by atoms with E-state index < -0.39 is 11.9 Å². The van der Waals surface area contributed by atoms with Gasteiger partial charge in [0.2, 0.25) is 0 Å². The predicted octanol–water partition coefficient (Wildman–Crippen LogP) is 3.79. The highest BCUT2D eigenvalue weighted by molar-refractivity contribution is 5.77. The van der Waals surface area contributed by atoms with Crippen molar-refractivity contribution < 1.29 is 19.4 Å². The number of carboxylic acids is 1. The maximum Gasteiger partial charge on any atom is 0.310 e. The van der Waals surface area contributed by atoms with Crippen LogP contribution in [0.2, 0.25) is 0 Å². The summed E-state index contributed by atoms with van der Waals surface area (Å²) in [5, 5.41) is 9.57. The summed E-state index contributed by atoms with van der Waals surface area (Å²) in [7, 11) is 0. The van der Waals surface area contributed by atoms with Gasteiger partial charge in [-0.25, -0.2) is 0 Å². The van der Waals surface area contributed by atoms with E-state index in [1.54, 1.807) is 0 Å². The molecule has 0 fully saturated rings. The van der Waals surface area contributed by atoms with E-state index in [2.05, 4.69) is 18.2 Å². The highest BCUT2D eigenvalue weighted by atomic mass is 16.5. The van der Waals surface area contributed by atoms with Crippen molar-refractivity contribution in [3.63, 3.8) is 0 Å². The lowest BCUT2D eigenvalue weighted by atomic mass is 9.63. The molecule has 0 spiro atoms. The predicted molar refractivity (Wildman–Crippen MR) is 96.9 cm³/mol. The zero-order valence-electron chi connectivity index (χ0n) is 14.5. The first-order chi connectivity index (χ1) is 12.2. The molecule has 0 radical (unpaired) electrons. The molecule has 1 N–H and O–H groups in total. The molecule has 0 bridgehead atoms. The summed E-state index contributed by atoms with van der Waals surface area (Å²) < 4.78 is 5.84. The Balaban J connectivity index is 0.00000109. The number of hydrogen-bond donors (Lipinski definition) is 1. The van der Waals surface area contributed by atoms with Crippen LogP contribution in [0.1, 0.15) is 42.4 Å². The van der Waals surface area contributed by atoms with Crippen molar-refractivity contribution in [2.24, 2.45) is 0 Å². The molecule has 1 aliphatic rings. The number of fused-ring (bicyclic) bond motifs is 1. The van der Waals surface area contributed by atoms with Crippen molar-refractivity contribution in [1.29, 1.82) is 0 Å². The van der Waals surface area contributed by atoms with Crippen LogP contribution >= 0.6 is 0 Å². The first-order valence-electron chi connectivity index (χ1n) is 8.43. The van der Waals surface area contributed by atoms with Gasteiger partial charge >= 0.3 is 5.97 Å². The minimum Gasteiger partial charge on any atom is -0.481 e. The summed E-state index contributed by atoms with van der Waals surface area (Å²) in [6.07, 6.45) is 1.42. The van der Waals surface area contributed by atoms with Gasteiger partial charge in [-0.15, -0.1) is 0 Å². The van der Waals surface area contributed by atoms with Crippen LogP contribution in [0.15, 0.2) is 54.6 Å². The van der Waals surface area contributed by atoms with E-state index in [1.165, 1.54) is 5.56 Å². The Bertz CT molecular complexity index is 698. The molecule has 0 saturated heterocycles. The van der Waals surface area contributed by atoms with Crippen LogP contribution < -0.4 is 0 Å². The molecular weight excluding hydrogens is 316 g/mol. The van der Waals surface area contributed by atoms with E-state index in [0.29, 0.717) is 19.6 Å². The molecular formula is C21H24O4. The van der Waals surface area contributed by atoms with Crippen molar-refractivity contribution in [3.8, 4) is 0 Å². The Kier molecular flexibility index (Phi) is 6.48. The first kappa shape index (κ1) is 18.9. The summed E-state index contributed by atoms with van der Waals surface area (Å²) in [5.41, 5.74) is 2.96. The zero-order chi connectivity index (χ0) is 18.3. The fourth-order valence-electron chi connectivity index (χ4n) is 3.74. The van der Waals surface area contributed by atoms with Gasteiger partial charge < -0.3 is 14.6 Å². The normalized spacial score (nSPS) is 21.6. The summed E-state index contributed by atoms with van der Waals surface area (Å²) in [6, 6.07) is 18.3. The Morgan fingerprint density at radius 2 is 1.80 bits per heavy atom. The molecule has 0 aromatic heterocycles. The number of rotatable bonds is 5. The SMILES string of the molecule is C=O.CCOC[C@@]1(c2ccccc2)CC[C@H](C(=O)O)c2ccccc21. The number of benzene rings is 2. The molecule has 0 heterocycles. The van der Waals surface area contributed by atoms with Crippen LogP contribution in [0.4, 0.5) is 0 Å². The van der Waals surface area contributed by atoms with Crippen LogP contribution in [0.3, 0.4) is 0 Å². The molecule has 0 aliphatic heterocycles. The fraction of sp³-hybridized carbons (Fsp3) is 0.333. The van der Waals surface area contributed by atoms with Gasteiger partial charge in [-0.2, -0.15) is 0 Å². The van der Waals surface area contributed by atoms with Crippen molar-refractivity contribution in [1.82, 2.24) is 0 Å². The topological polar surface area (TPSA) is 63.6 Å².